The number of rotatable bonds is 3. The zero-order valence-corrected chi connectivity index (χ0v) is 8.94. The van der Waals surface area contributed by atoms with Crippen molar-refractivity contribution < 1.29 is 14.1 Å². The Hall–Kier alpha value is -2.37. The first kappa shape index (κ1) is 11.1. The van der Waals surface area contributed by atoms with Crippen LogP contribution in [0, 0.1) is 15.9 Å². The van der Waals surface area contributed by atoms with Crippen molar-refractivity contribution in [3.8, 4) is 5.75 Å². The summed E-state index contributed by atoms with van der Waals surface area (Å²) in [5.74, 6) is 0.0344. The summed E-state index contributed by atoms with van der Waals surface area (Å²) in [5.41, 5.74) is 0.778. The van der Waals surface area contributed by atoms with Crippen LogP contribution in [0.5, 0.6) is 5.75 Å². The molecule has 0 radical (unpaired) electrons. The van der Waals surface area contributed by atoms with Crippen molar-refractivity contribution in [1.29, 1.82) is 0 Å². The van der Waals surface area contributed by atoms with Crippen LogP contribution in [0.4, 0.5) is 4.39 Å². The van der Waals surface area contributed by atoms with Crippen molar-refractivity contribution in [2.24, 2.45) is 0 Å². The first-order chi connectivity index (χ1) is 8.13. The van der Waals surface area contributed by atoms with E-state index in [0.717, 1.165) is 6.20 Å². The molecule has 1 aromatic heterocycles. The number of nitrogens with one attached hydrogen (secondary N) is 1. The van der Waals surface area contributed by atoms with Gasteiger partial charge >= 0.3 is 0 Å². The van der Waals surface area contributed by atoms with Crippen LogP contribution < -0.4 is 4.74 Å². The number of fused-ring (bicyclic) bond motifs is 1. The monoisotopic (exact) mass is 236 g/mol. The molecule has 0 aliphatic heterocycles. The summed E-state index contributed by atoms with van der Waals surface area (Å²) in [4.78, 5) is 12.4. The second kappa shape index (κ2) is 4.25. The molecule has 0 atom stereocenters. The molecule has 0 unspecified atom stereocenters. The number of aromatic amines is 1. The molecule has 0 bridgehead atoms. The lowest BCUT2D eigenvalue weighted by Crippen LogP contribution is -1.87. The predicted octanol–water partition coefficient (Wildman–Crippen LogP) is 2.56. The molecule has 88 valence electrons. The van der Waals surface area contributed by atoms with Crippen molar-refractivity contribution in [3.63, 3.8) is 0 Å². The summed E-state index contributed by atoms with van der Waals surface area (Å²) in [6.07, 6.45) is 3.59. The van der Waals surface area contributed by atoms with E-state index in [1.54, 1.807) is 0 Å². The van der Waals surface area contributed by atoms with Crippen molar-refractivity contribution in [1.82, 2.24) is 4.98 Å². The Morgan fingerprint density at radius 1 is 1.53 bits per heavy atom. The molecule has 0 amide bonds. The van der Waals surface area contributed by atoms with Crippen LogP contribution in [0.15, 0.2) is 24.5 Å². The molecular weight excluding hydrogens is 227 g/mol. The average molecular weight is 236 g/mol. The molecule has 2 aromatic rings. The molecule has 0 aliphatic carbocycles. The maximum absolute atomic E-state index is 13.5. The van der Waals surface area contributed by atoms with Gasteiger partial charge in [0.05, 0.1) is 22.9 Å². The van der Waals surface area contributed by atoms with Gasteiger partial charge in [-0.2, -0.15) is 0 Å². The largest absolute Gasteiger partial charge is 0.496 e. The summed E-state index contributed by atoms with van der Waals surface area (Å²) < 4.78 is 18.6. The summed E-state index contributed by atoms with van der Waals surface area (Å²) in [5, 5.41) is 10.7. The van der Waals surface area contributed by atoms with Crippen LogP contribution in [-0.4, -0.2) is 17.0 Å². The number of methoxy groups -OCH3 is 1. The number of halogens is 1. The quantitative estimate of drug-likeness (QED) is 0.657. The lowest BCUT2D eigenvalue weighted by molar-refractivity contribution is -0.400. The maximum Gasteiger partial charge on any atom is 0.235 e. The fourth-order valence-electron chi connectivity index (χ4n) is 1.65. The van der Waals surface area contributed by atoms with Crippen LogP contribution in [0.25, 0.3) is 17.0 Å². The topological polar surface area (TPSA) is 68.2 Å². The van der Waals surface area contributed by atoms with Gasteiger partial charge in [0.25, 0.3) is 0 Å². The first-order valence-corrected chi connectivity index (χ1v) is 4.78. The standard InChI is InChI=1S/C11H9FN2O3/c1-17-9-3-2-8(12)11-10(9)7(6-13-11)4-5-14(15)16/h2-6,13H,1H3. The minimum absolute atomic E-state index is 0.271. The van der Waals surface area contributed by atoms with Crippen molar-refractivity contribution in [2.45, 2.75) is 0 Å². The van der Waals surface area contributed by atoms with Crippen LogP contribution in [0.3, 0.4) is 0 Å². The molecule has 6 heteroatoms. The van der Waals surface area contributed by atoms with Gasteiger partial charge in [0, 0.05) is 17.8 Å². The molecule has 17 heavy (non-hydrogen) atoms. The highest BCUT2D eigenvalue weighted by Gasteiger charge is 2.11. The number of hydrogen-bond acceptors (Lipinski definition) is 3. The van der Waals surface area contributed by atoms with E-state index in [1.807, 2.05) is 0 Å². The van der Waals surface area contributed by atoms with Gasteiger partial charge in [-0.25, -0.2) is 4.39 Å². The molecule has 0 saturated heterocycles. The van der Waals surface area contributed by atoms with Crippen LogP contribution in [0.2, 0.25) is 0 Å². The van der Waals surface area contributed by atoms with Crippen LogP contribution in [0.1, 0.15) is 5.56 Å². The molecule has 1 N–H and O–H groups in total. The van der Waals surface area contributed by atoms with Crippen molar-refractivity contribution in [2.75, 3.05) is 7.11 Å². The minimum Gasteiger partial charge on any atom is -0.496 e. The summed E-state index contributed by atoms with van der Waals surface area (Å²) >= 11 is 0. The highest BCUT2D eigenvalue weighted by molar-refractivity contribution is 5.94. The van der Waals surface area contributed by atoms with E-state index in [1.165, 1.54) is 31.5 Å². The van der Waals surface area contributed by atoms with Gasteiger partial charge in [-0.05, 0) is 12.1 Å². The van der Waals surface area contributed by atoms with Gasteiger partial charge in [-0.15, -0.1) is 0 Å². The Morgan fingerprint density at radius 3 is 2.94 bits per heavy atom. The fourth-order valence-corrected chi connectivity index (χ4v) is 1.65. The van der Waals surface area contributed by atoms with Crippen molar-refractivity contribution in [3.05, 3.63) is 46.0 Å². The third-order valence-corrected chi connectivity index (χ3v) is 2.37. The summed E-state index contributed by atoms with van der Waals surface area (Å²) in [6, 6.07) is 2.76. The third-order valence-electron chi connectivity index (χ3n) is 2.37. The Kier molecular flexibility index (Phi) is 2.78. The number of hydrogen-bond donors (Lipinski definition) is 1. The zero-order chi connectivity index (χ0) is 12.4. The molecule has 1 aromatic carbocycles. The minimum atomic E-state index is -0.579. The number of nitrogens with zero attached hydrogens (tertiary/aromatic N) is 1. The van der Waals surface area contributed by atoms with E-state index in [0.29, 0.717) is 16.7 Å². The van der Waals surface area contributed by atoms with Crippen molar-refractivity contribution >= 4 is 17.0 Å². The molecule has 0 saturated carbocycles. The second-order valence-electron chi connectivity index (χ2n) is 3.34. The lowest BCUT2D eigenvalue weighted by atomic mass is 10.1. The third kappa shape index (κ3) is 1.96. The normalized spacial score (nSPS) is 11.2. The summed E-state index contributed by atoms with van der Waals surface area (Å²) in [6.45, 7) is 0. The average Bonchev–Trinajstić information content (AvgIpc) is 2.72. The van der Waals surface area contributed by atoms with Gasteiger partial charge < -0.3 is 9.72 Å². The molecule has 2 rings (SSSR count). The van der Waals surface area contributed by atoms with Gasteiger partial charge in [0.1, 0.15) is 11.6 Å². The Morgan fingerprint density at radius 2 is 2.29 bits per heavy atom. The zero-order valence-electron chi connectivity index (χ0n) is 8.94. The highest BCUT2D eigenvalue weighted by Crippen LogP contribution is 2.31. The molecule has 0 spiro atoms. The molecular formula is C11H9FN2O3. The van der Waals surface area contributed by atoms with E-state index in [-0.39, 0.29) is 5.52 Å². The van der Waals surface area contributed by atoms with Crippen LogP contribution in [-0.2, 0) is 0 Å². The fraction of sp³-hybridized carbons (Fsp3) is 0.0909. The predicted molar refractivity (Wildman–Crippen MR) is 60.8 cm³/mol. The summed E-state index contributed by atoms with van der Waals surface area (Å²) in [7, 11) is 1.46. The number of H-pyrrole nitrogens is 1. The Labute approximate surface area is 95.7 Å². The SMILES string of the molecule is COc1ccc(F)c2[nH]cc(C=C[N+](=O)[O-])c12. The Balaban J connectivity index is 2.65. The number of nitro groups is 1. The van der Waals surface area contributed by atoms with Crippen LogP contribution >= 0.6 is 0 Å². The molecule has 5 nitrogen and oxygen atoms in total. The second-order valence-corrected chi connectivity index (χ2v) is 3.34. The number of ether oxygens (including phenoxy) is 1. The first-order valence-electron chi connectivity index (χ1n) is 4.78. The van der Waals surface area contributed by atoms with E-state index in [2.05, 4.69) is 4.98 Å². The van der Waals surface area contributed by atoms with E-state index >= 15 is 0 Å². The van der Waals surface area contributed by atoms with Gasteiger partial charge in [-0.3, -0.25) is 10.1 Å². The highest BCUT2D eigenvalue weighted by atomic mass is 19.1. The van der Waals surface area contributed by atoms with E-state index in [9.17, 15) is 14.5 Å². The van der Waals surface area contributed by atoms with E-state index < -0.39 is 10.7 Å². The maximum atomic E-state index is 13.5. The van der Waals surface area contributed by atoms with Gasteiger partial charge in [0.15, 0.2) is 0 Å². The molecule has 0 fully saturated rings. The number of aromatic nitrogens is 1. The van der Waals surface area contributed by atoms with Gasteiger partial charge in [0.2, 0.25) is 6.20 Å². The number of benzene rings is 1. The lowest BCUT2D eigenvalue weighted by Gasteiger charge is -2.02. The Bertz CT molecular complexity index is 604. The van der Waals surface area contributed by atoms with E-state index in [4.69, 9.17) is 4.74 Å². The smallest absolute Gasteiger partial charge is 0.235 e. The molecule has 0 aliphatic rings. The van der Waals surface area contributed by atoms with Gasteiger partial charge in [-0.1, -0.05) is 0 Å². The molecule has 1 heterocycles.